The lowest BCUT2D eigenvalue weighted by Crippen LogP contribution is -2.54. The number of aromatic nitrogens is 2. The van der Waals surface area contributed by atoms with E-state index in [0.717, 1.165) is 11.1 Å². The summed E-state index contributed by atoms with van der Waals surface area (Å²) in [6, 6.07) is 13.0. The van der Waals surface area contributed by atoms with Crippen molar-refractivity contribution in [2.24, 2.45) is 5.73 Å². The normalized spacial score (nSPS) is 14.4. The summed E-state index contributed by atoms with van der Waals surface area (Å²) in [6.45, 7) is 0.583. The number of ether oxygens (including phenoxy) is 2. The molecule has 1 aliphatic rings. The molecule has 142 valence electrons. The van der Waals surface area contributed by atoms with Crippen molar-refractivity contribution in [2.45, 2.75) is 18.5 Å². The van der Waals surface area contributed by atoms with E-state index in [1.54, 1.807) is 36.9 Å². The summed E-state index contributed by atoms with van der Waals surface area (Å²) < 4.78 is 10.9. The van der Waals surface area contributed by atoms with Gasteiger partial charge in [0.05, 0.1) is 0 Å². The number of hydrogen-bond donors (Lipinski definition) is 2. The van der Waals surface area contributed by atoms with Gasteiger partial charge in [-0.05, 0) is 41.0 Å². The Kier molecular flexibility index (Phi) is 4.90. The van der Waals surface area contributed by atoms with Gasteiger partial charge in [-0.1, -0.05) is 18.2 Å². The van der Waals surface area contributed by atoms with Gasteiger partial charge in [0.2, 0.25) is 12.7 Å². The molecule has 0 spiro atoms. The third kappa shape index (κ3) is 3.52. The lowest BCUT2D eigenvalue weighted by atomic mass is 9.82. The van der Waals surface area contributed by atoms with Crippen LogP contribution in [0.1, 0.15) is 16.7 Å². The van der Waals surface area contributed by atoms with E-state index in [2.05, 4.69) is 15.3 Å². The van der Waals surface area contributed by atoms with Gasteiger partial charge in [0.15, 0.2) is 11.5 Å². The zero-order valence-electron chi connectivity index (χ0n) is 15.2. The third-order valence-electron chi connectivity index (χ3n) is 4.80. The van der Waals surface area contributed by atoms with Crippen LogP contribution in [0.2, 0.25) is 0 Å². The minimum absolute atomic E-state index is 0.161. The zero-order chi connectivity index (χ0) is 19.4. The van der Waals surface area contributed by atoms with Crippen LogP contribution in [0.15, 0.2) is 67.3 Å². The molecule has 1 aliphatic heterocycles. The van der Waals surface area contributed by atoms with E-state index in [0.29, 0.717) is 30.0 Å². The highest BCUT2D eigenvalue weighted by atomic mass is 16.7. The summed E-state index contributed by atoms with van der Waals surface area (Å²) >= 11 is 0. The average Bonchev–Trinajstić information content (AvgIpc) is 3.20. The van der Waals surface area contributed by atoms with Gasteiger partial charge in [-0.25, -0.2) is 0 Å². The first kappa shape index (κ1) is 17.9. The van der Waals surface area contributed by atoms with Crippen LogP contribution in [0, 0.1) is 0 Å². The maximum absolute atomic E-state index is 12.8. The molecule has 28 heavy (non-hydrogen) atoms. The summed E-state index contributed by atoms with van der Waals surface area (Å²) in [6.07, 6.45) is 7.23. The highest BCUT2D eigenvalue weighted by molar-refractivity contribution is 5.87. The largest absolute Gasteiger partial charge is 0.454 e. The molecular formula is C21H20N4O3. The Balaban J connectivity index is 1.74. The van der Waals surface area contributed by atoms with Crippen molar-refractivity contribution >= 4 is 5.91 Å². The van der Waals surface area contributed by atoms with Gasteiger partial charge in [0.1, 0.15) is 5.54 Å². The minimum Gasteiger partial charge on any atom is -0.454 e. The quantitative estimate of drug-likeness (QED) is 0.654. The number of carbonyl (C=O) groups excluding carboxylic acids is 1. The van der Waals surface area contributed by atoms with Gasteiger partial charge in [-0.3, -0.25) is 20.1 Å². The molecule has 1 atom stereocenters. The molecule has 3 N–H and O–H groups in total. The molecule has 1 unspecified atom stereocenters. The lowest BCUT2D eigenvalue weighted by Gasteiger charge is -2.33. The van der Waals surface area contributed by atoms with E-state index >= 15 is 0 Å². The average molecular weight is 376 g/mol. The predicted octanol–water partition coefficient (Wildman–Crippen LogP) is 1.92. The molecule has 7 nitrogen and oxygen atoms in total. The highest BCUT2D eigenvalue weighted by Crippen LogP contribution is 2.37. The Morgan fingerprint density at radius 1 is 1.04 bits per heavy atom. The van der Waals surface area contributed by atoms with Crippen LogP contribution in [0.5, 0.6) is 11.5 Å². The van der Waals surface area contributed by atoms with Crippen molar-refractivity contribution in [2.75, 3.05) is 6.79 Å². The number of hydrogen-bond acceptors (Lipinski definition) is 6. The maximum atomic E-state index is 12.8. The summed E-state index contributed by atoms with van der Waals surface area (Å²) in [4.78, 5) is 21.1. The summed E-state index contributed by atoms with van der Waals surface area (Å²) in [5.41, 5.74) is 7.34. The van der Waals surface area contributed by atoms with Crippen molar-refractivity contribution < 1.29 is 14.3 Å². The molecule has 1 amide bonds. The Morgan fingerprint density at radius 2 is 1.75 bits per heavy atom. The smallest absolute Gasteiger partial charge is 0.242 e. The van der Waals surface area contributed by atoms with Crippen molar-refractivity contribution in [3.8, 4) is 11.5 Å². The SMILES string of the molecule is NC(=O)C(Cc1cccnc1)(NCc1cccnc1)c1ccc2c(c1)OCO2. The van der Waals surface area contributed by atoms with Gasteiger partial charge < -0.3 is 15.2 Å². The topological polar surface area (TPSA) is 99.4 Å². The molecule has 2 aromatic heterocycles. The number of amides is 1. The van der Waals surface area contributed by atoms with E-state index in [9.17, 15) is 4.79 Å². The van der Waals surface area contributed by atoms with Crippen LogP contribution in [0.4, 0.5) is 0 Å². The number of rotatable bonds is 7. The monoisotopic (exact) mass is 376 g/mol. The van der Waals surface area contributed by atoms with Crippen LogP contribution >= 0.6 is 0 Å². The van der Waals surface area contributed by atoms with E-state index in [1.165, 1.54) is 0 Å². The number of benzene rings is 1. The Morgan fingerprint density at radius 3 is 2.43 bits per heavy atom. The van der Waals surface area contributed by atoms with Crippen LogP contribution in [0.3, 0.4) is 0 Å². The van der Waals surface area contributed by atoms with Crippen molar-refractivity contribution in [3.63, 3.8) is 0 Å². The predicted molar refractivity (Wildman–Crippen MR) is 102 cm³/mol. The molecule has 0 fully saturated rings. The summed E-state index contributed by atoms with van der Waals surface area (Å²) in [5, 5.41) is 3.37. The number of pyridine rings is 2. The molecule has 0 bridgehead atoms. The van der Waals surface area contributed by atoms with E-state index in [1.807, 2.05) is 30.3 Å². The molecule has 0 saturated carbocycles. The van der Waals surface area contributed by atoms with Crippen LogP contribution in [-0.4, -0.2) is 22.7 Å². The van der Waals surface area contributed by atoms with Gasteiger partial charge in [0.25, 0.3) is 0 Å². The molecule has 3 aromatic rings. The second-order valence-electron chi connectivity index (χ2n) is 6.59. The number of nitrogens with one attached hydrogen (secondary N) is 1. The van der Waals surface area contributed by atoms with E-state index < -0.39 is 11.4 Å². The Labute approximate surface area is 162 Å². The first-order chi connectivity index (χ1) is 13.7. The number of primary amides is 1. The molecule has 0 aliphatic carbocycles. The molecule has 7 heteroatoms. The van der Waals surface area contributed by atoms with Crippen LogP contribution in [-0.2, 0) is 23.3 Å². The maximum Gasteiger partial charge on any atom is 0.242 e. The fourth-order valence-corrected chi connectivity index (χ4v) is 3.31. The molecule has 4 rings (SSSR count). The summed E-state index contributed by atoms with van der Waals surface area (Å²) in [7, 11) is 0. The highest BCUT2D eigenvalue weighted by Gasteiger charge is 2.39. The van der Waals surface area contributed by atoms with Gasteiger partial charge >= 0.3 is 0 Å². The molecule has 3 heterocycles. The molecule has 0 saturated heterocycles. The second kappa shape index (κ2) is 7.66. The third-order valence-corrected chi connectivity index (χ3v) is 4.80. The second-order valence-corrected chi connectivity index (χ2v) is 6.59. The fourth-order valence-electron chi connectivity index (χ4n) is 3.31. The number of carbonyl (C=O) groups is 1. The standard InChI is InChI=1S/C21H20N4O3/c22-20(26)21(10-15-3-1-7-23-11-15,25-13-16-4-2-8-24-12-16)17-5-6-18-19(9-17)28-14-27-18/h1-9,11-12,25H,10,13-14H2,(H2,22,26). The van der Waals surface area contributed by atoms with Crippen molar-refractivity contribution in [1.82, 2.24) is 15.3 Å². The fraction of sp³-hybridized carbons (Fsp3) is 0.190. The van der Waals surface area contributed by atoms with Crippen LogP contribution in [0.25, 0.3) is 0 Å². The van der Waals surface area contributed by atoms with Gasteiger partial charge in [0, 0.05) is 37.8 Å². The number of fused-ring (bicyclic) bond motifs is 1. The molecular weight excluding hydrogens is 356 g/mol. The van der Waals surface area contributed by atoms with Crippen molar-refractivity contribution in [1.29, 1.82) is 0 Å². The van der Waals surface area contributed by atoms with E-state index in [-0.39, 0.29) is 6.79 Å². The van der Waals surface area contributed by atoms with Gasteiger partial charge in [-0.2, -0.15) is 0 Å². The zero-order valence-corrected chi connectivity index (χ0v) is 15.2. The Bertz CT molecular complexity index is 966. The molecule has 1 aromatic carbocycles. The van der Waals surface area contributed by atoms with Crippen molar-refractivity contribution in [3.05, 3.63) is 83.9 Å². The number of nitrogens with two attached hydrogens (primary N) is 1. The first-order valence-electron chi connectivity index (χ1n) is 8.90. The lowest BCUT2D eigenvalue weighted by molar-refractivity contribution is -0.125. The van der Waals surface area contributed by atoms with Crippen LogP contribution < -0.4 is 20.5 Å². The van der Waals surface area contributed by atoms with Gasteiger partial charge in [-0.15, -0.1) is 0 Å². The number of nitrogens with zero attached hydrogens (tertiary/aromatic N) is 2. The molecule has 0 radical (unpaired) electrons. The Hall–Kier alpha value is -3.45. The minimum atomic E-state index is -1.15. The van der Waals surface area contributed by atoms with E-state index in [4.69, 9.17) is 15.2 Å². The first-order valence-corrected chi connectivity index (χ1v) is 8.90. The summed E-state index contributed by atoms with van der Waals surface area (Å²) in [5.74, 6) is 0.757.